The number of benzene rings is 1. The Kier molecular flexibility index (Phi) is 10.1. The summed E-state index contributed by atoms with van der Waals surface area (Å²) in [5.41, 5.74) is 0. The number of halogens is 3. The zero-order chi connectivity index (χ0) is 7.23. The highest BCUT2D eigenvalue weighted by Gasteiger charge is 1.87. The zero-order valence-corrected chi connectivity index (χ0v) is 8.04. The molecule has 12 heavy (non-hydrogen) atoms. The second-order valence-electron chi connectivity index (χ2n) is 1.85. The average Bonchev–Trinajstić information content (AvgIpc) is 2.03. The fraction of sp³-hybridized carbons (Fsp3) is 0.250. The minimum atomic E-state index is -0.436. The average molecular weight is 213 g/mol. The van der Waals surface area contributed by atoms with Gasteiger partial charge in [0.15, 0.2) is 0 Å². The smallest absolute Gasteiger partial charge is 0.123 e. The molecule has 0 aliphatic carbocycles. The molecule has 1 aromatic rings. The van der Waals surface area contributed by atoms with Gasteiger partial charge in [-0.15, -0.1) is 24.8 Å². The van der Waals surface area contributed by atoms with Gasteiger partial charge in [-0.1, -0.05) is 18.2 Å². The van der Waals surface area contributed by atoms with Crippen molar-refractivity contribution in [2.24, 2.45) is 0 Å². The Balaban J connectivity index is 0. The van der Waals surface area contributed by atoms with E-state index >= 15 is 0 Å². The highest BCUT2D eigenvalue weighted by molar-refractivity contribution is 5.85. The molecule has 0 spiro atoms. The first-order valence-corrected chi connectivity index (χ1v) is 3.17. The molecule has 0 fully saturated rings. The van der Waals surface area contributed by atoms with E-state index in [1.54, 1.807) is 12.1 Å². The maximum Gasteiger partial charge on any atom is 0.123 e. The van der Waals surface area contributed by atoms with Crippen LogP contribution in [0.5, 0.6) is 5.75 Å². The van der Waals surface area contributed by atoms with Crippen LogP contribution in [0.2, 0.25) is 0 Å². The molecule has 0 saturated heterocycles. The summed E-state index contributed by atoms with van der Waals surface area (Å²) < 4.78 is 16.5. The summed E-state index contributed by atoms with van der Waals surface area (Å²) >= 11 is 0. The van der Waals surface area contributed by atoms with Crippen LogP contribution in [0.25, 0.3) is 0 Å². The van der Waals surface area contributed by atoms with Crippen LogP contribution in [0.3, 0.4) is 0 Å². The minimum absolute atomic E-state index is 0. The van der Waals surface area contributed by atoms with Gasteiger partial charge in [-0.05, 0) is 12.1 Å². The number of para-hydroxylation sites is 1. The van der Waals surface area contributed by atoms with Crippen molar-refractivity contribution in [1.29, 1.82) is 0 Å². The van der Waals surface area contributed by atoms with E-state index in [4.69, 9.17) is 4.74 Å². The summed E-state index contributed by atoms with van der Waals surface area (Å²) in [6.07, 6.45) is 0. The summed E-state index contributed by atoms with van der Waals surface area (Å²) in [6, 6.07) is 9.20. The molecule has 1 aromatic carbocycles. The van der Waals surface area contributed by atoms with Crippen LogP contribution < -0.4 is 4.74 Å². The van der Waals surface area contributed by atoms with E-state index < -0.39 is 6.67 Å². The van der Waals surface area contributed by atoms with Crippen LogP contribution >= 0.6 is 24.8 Å². The lowest BCUT2D eigenvalue weighted by molar-refractivity contribution is 0.273. The number of hydrogen-bond donors (Lipinski definition) is 0. The van der Waals surface area contributed by atoms with E-state index in [2.05, 4.69) is 0 Å². The van der Waals surface area contributed by atoms with Crippen molar-refractivity contribution in [3.05, 3.63) is 30.3 Å². The fourth-order valence-corrected chi connectivity index (χ4v) is 0.673. The third-order valence-electron chi connectivity index (χ3n) is 1.09. The normalized spacial score (nSPS) is 7.75. The van der Waals surface area contributed by atoms with Gasteiger partial charge in [0, 0.05) is 0 Å². The van der Waals surface area contributed by atoms with Gasteiger partial charge < -0.3 is 4.74 Å². The van der Waals surface area contributed by atoms with E-state index in [1.165, 1.54) is 0 Å². The third kappa shape index (κ3) is 5.22. The Morgan fingerprint density at radius 3 is 2.17 bits per heavy atom. The predicted molar refractivity (Wildman–Crippen MR) is 52.4 cm³/mol. The van der Waals surface area contributed by atoms with Gasteiger partial charge in [0.25, 0.3) is 0 Å². The molecule has 0 N–H and O–H groups in total. The lowest BCUT2D eigenvalue weighted by atomic mass is 10.3. The summed E-state index contributed by atoms with van der Waals surface area (Å²) in [5, 5.41) is 0. The molecular weight excluding hydrogens is 202 g/mol. The molecule has 0 aromatic heterocycles. The Morgan fingerprint density at radius 1 is 1.08 bits per heavy atom. The van der Waals surface area contributed by atoms with Gasteiger partial charge in [0.05, 0.1) is 0 Å². The standard InChI is InChI=1S/C8H9FO.2ClH/c9-6-7-10-8-4-2-1-3-5-8;;/h1-5H,6-7H2;2*1H. The number of hydrogen-bond acceptors (Lipinski definition) is 1. The molecule has 0 radical (unpaired) electrons. The third-order valence-corrected chi connectivity index (χ3v) is 1.09. The Labute approximate surface area is 83.7 Å². The van der Waals surface area contributed by atoms with Crippen molar-refractivity contribution in [3.8, 4) is 5.75 Å². The second kappa shape index (κ2) is 8.62. The molecule has 0 aliphatic heterocycles. The molecule has 4 heteroatoms. The van der Waals surface area contributed by atoms with Gasteiger partial charge in [0.1, 0.15) is 19.0 Å². The van der Waals surface area contributed by atoms with Crippen molar-refractivity contribution >= 4 is 24.8 Å². The minimum Gasteiger partial charge on any atom is -0.491 e. The number of ether oxygens (including phenoxy) is 1. The predicted octanol–water partition coefficient (Wildman–Crippen LogP) is 2.88. The van der Waals surface area contributed by atoms with Crippen LogP contribution in [0.1, 0.15) is 0 Å². The SMILES string of the molecule is Cl.Cl.FCCOc1ccccc1. The summed E-state index contributed by atoms with van der Waals surface area (Å²) in [5.74, 6) is 0.722. The first-order chi connectivity index (χ1) is 4.93. The topological polar surface area (TPSA) is 9.23 Å². The molecule has 0 bridgehead atoms. The van der Waals surface area contributed by atoms with Gasteiger partial charge in [-0.25, -0.2) is 4.39 Å². The lowest BCUT2D eigenvalue weighted by Crippen LogP contribution is -1.97. The van der Waals surface area contributed by atoms with Crippen molar-refractivity contribution in [3.63, 3.8) is 0 Å². The van der Waals surface area contributed by atoms with Crippen molar-refractivity contribution < 1.29 is 9.13 Å². The second-order valence-corrected chi connectivity index (χ2v) is 1.85. The van der Waals surface area contributed by atoms with Crippen LogP contribution in [-0.4, -0.2) is 13.3 Å². The van der Waals surface area contributed by atoms with Crippen LogP contribution in [-0.2, 0) is 0 Å². The molecule has 0 heterocycles. The van der Waals surface area contributed by atoms with E-state index in [0.29, 0.717) is 0 Å². The summed E-state index contributed by atoms with van der Waals surface area (Å²) in [4.78, 5) is 0. The largest absolute Gasteiger partial charge is 0.491 e. The molecule has 0 unspecified atom stereocenters. The molecule has 0 saturated carbocycles. The molecule has 70 valence electrons. The zero-order valence-electron chi connectivity index (χ0n) is 6.40. The van der Waals surface area contributed by atoms with E-state index in [-0.39, 0.29) is 31.4 Å². The van der Waals surface area contributed by atoms with Gasteiger partial charge in [0.2, 0.25) is 0 Å². The maximum absolute atomic E-state index is 11.6. The van der Waals surface area contributed by atoms with Crippen molar-refractivity contribution in [2.45, 2.75) is 0 Å². The monoisotopic (exact) mass is 212 g/mol. The quantitative estimate of drug-likeness (QED) is 0.750. The van der Waals surface area contributed by atoms with Crippen LogP contribution in [0.4, 0.5) is 4.39 Å². The molecule has 0 amide bonds. The van der Waals surface area contributed by atoms with E-state index in [1.807, 2.05) is 18.2 Å². The first-order valence-electron chi connectivity index (χ1n) is 3.17. The van der Waals surface area contributed by atoms with E-state index in [0.717, 1.165) is 5.75 Å². The van der Waals surface area contributed by atoms with Crippen molar-refractivity contribution in [2.75, 3.05) is 13.3 Å². The molecule has 1 rings (SSSR count). The summed E-state index contributed by atoms with van der Waals surface area (Å²) in [6.45, 7) is -0.293. The number of alkyl halides is 1. The molecular formula is C8H11Cl2FO. The molecule has 0 atom stereocenters. The Morgan fingerprint density at radius 2 is 1.67 bits per heavy atom. The maximum atomic E-state index is 11.6. The highest BCUT2D eigenvalue weighted by atomic mass is 35.5. The highest BCUT2D eigenvalue weighted by Crippen LogP contribution is 2.07. The lowest BCUT2D eigenvalue weighted by Gasteiger charge is -2.00. The Bertz CT molecular complexity index is 182. The van der Waals surface area contributed by atoms with Gasteiger partial charge >= 0.3 is 0 Å². The van der Waals surface area contributed by atoms with E-state index in [9.17, 15) is 4.39 Å². The van der Waals surface area contributed by atoms with Gasteiger partial charge in [-0.3, -0.25) is 0 Å². The number of rotatable bonds is 3. The molecule has 1 nitrogen and oxygen atoms in total. The fourth-order valence-electron chi connectivity index (χ4n) is 0.673. The van der Waals surface area contributed by atoms with Gasteiger partial charge in [-0.2, -0.15) is 0 Å². The Hall–Kier alpha value is -0.470. The van der Waals surface area contributed by atoms with Crippen molar-refractivity contribution in [1.82, 2.24) is 0 Å². The summed E-state index contributed by atoms with van der Waals surface area (Å²) in [7, 11) is 0. The van der Waals surface area contributed by atoms with Crippen LogP contribution in [0, 0.1) is 0 Å². The van der Waals surface area contributed by atoms with Crippen LogP contribution in [0.15, 0.2) is 30.3 Å². The molecule has 0 aliphatic rings. The first kappa shape index (κ1) is 14.1.